The lowest BCUT2D eigenvalue weighted by Gasteiger charge is -2.19. The summed E-state index contributed by atoms with van der Waals surface area (Å²) < 4.78 is 0. The van der Waals surface area contributed by atoms with E-state index >= 15 is 0 Å². The van der Waals surface area contributed by atoms with Crippen molar-refractivity contribution in [3.05, 3.63) is 106 Å². The van der Waals surface area contributed by atoms with Gasteiger partial charge in [0, 0.05) is 22.9 Å². The first-order valence-corrected chi connectivity index (χ1v) is 13.1. The van der Waals surface area contributed by atoms with Crippen LogP contribution in [0.5, 0.6) is 5.75 Å². The highest BCUT2D eigenvalue weighted by molar-refractivity contribution is 6.30. The molecule has 1 fully saturated rings. The van der Waals surface area contributed by atoms with Crippen LogP contribution in [0.25, 0.3) is 23.1 Å². The predicted octanol–water partition coefficient (Wildman–Crippen LogP) is 5.08. The molecule has 1 aliphatic rings. The Morgan fingerprint density at radius 3 is 2.30 bits per heavy atom. The Morgan fingerprint density at radius 2 is 1.62 bits per heavy atom. The Bertz CT molecular complexity index is 1610. The summed E-state index contributed by atoms with van der Waals surface area (Å²) in [5.74, 6) is -2.10. The summed E-state index contributed by atoms with van der Waals surface area (Å²) in [5.41, 5.74) is 2.59. The summed E-state index contributed by atoms with van der Waals surface area (Å²) in [7, 11) is 0. The van der Waals surface area contributed by atoms with Crippen LogP contribution < -0.4 is 10.6 Å². The van der Waals surface area contributed by atoms with Crippen LogP contribution in [0.3, 0.4) is 0 Å². The van der Waals surface area contributed by atoms with E-state index in [2.05, 4.69) is 15.6 Å². The summed E-state index contributed by atoms with van der Waals surface area (Å²) in [6.07, 6.45) is 5.69. The fraction of sp³-hybridized carbons (Fsp3) is 0.161. The van der Waals surface area contributed by atoms with Crippen LogP contribution in [0.15, 0.2) is 72.8 Å². The number of carboxylic acid groups (broad SMARTS) is 1. The van der Waals surface area contributed by atoms with Crippen molar-refractivity contribution < 1.29 is 24.6 Å². The molecule has 5 rings (SSSR count). The molecule has 202 valence electrons. The average Bonchev–Trinajstić information content (AvgIpc) is 3.76. The van der Waals surface area contributed by atoms with Gasteiger partial charge in [-0.3, -0.25) is 9.59 Å². The van der Waals surface area contributed by atoms with E-state index in [1.165, 1.54) is 18.2 Å². The van der Waals surface area contributed by atoms with Crippen LogP contribution in [-0.2, 0) is 11.2 Å². The van der Waals surface area contributed by atoms with E-state index in [1.807, 2.05) is 24.3 Å². The van der Waals surface area contributed by atoms with Crippen LogP contribution in [0.2, 0.25) is 5.02 Å². The molecule has 0 bridgehead atoms. The van der Waals surface area contributed by atoms with Crippen molar-refractivity contribution in [1.82, 2.24) is 15.6 Å². The van der Waals surface area contributed by atoms with Crippen molar-refractivity contribution in [2.75, 3.05) is 0 Å². The second-order valence-corrected chi connectivity index (χ2v) is 10.1. The van der Waals surface area contributed by atoms with Gasteiger partial charge in [-0.25, -0.2) is 9.78 Å². The molecule has 0 radical (unpaired) electrons. The molecule has 9 heteroatoms. The standard InChI is InChI=1S/C31H26ClN3O5/c32-21-8-3-18(4-9-21)1-2-19-7-14-26-24(15-19)25(31(39)40)17-28(34-26)30(38)35-27(29(37)33-22-10-11-22)16-20-5-12-23(36)13-6-20/h1-9,12-15,17,22,27,36H,10-11,16H2,(H,33,37)(H,35,38)(H,39,40)/b2-1+/t27-/m1/s1. The monoisotopic (exact) mass is 555 g/mol. The number of hydrogen-bond acceptors (Lipinski definition) is 5. The zero-order valence-electron chi connectivity index (χ0n) is 21.3. The van der Waals surface area contributed by atoms with Crippen molar-refractivity contribution >= 4 is 52.4 Å². The third-order valence-corrected chi connectivity index (χ3v) is 6.81. The fourth-order valence-electron chi connectivity index (χ4n) is 4.25. The smallest absolute Gasteiger partial charge is 0.336 e. The molecule has 1 atom stereocenters. The maximum atomic E-state index is 13.3. The number of fused-ring (bicyclic) bond motifs is 1. The molecule has 4 N–H and O–H groups in total. The third-order valence-electron chi connectivity index (χ3n) is 6.56. The highest BCUT2D eigenvalue weighted by atomic mass is 35.5. The van der Waals surface area contributed by atoms with E-state index in [-0.39, 0.29) is 35.4 Å². The van der Waals surface area contributed by atoms with Crippen molar-refractivity contribution in [3.63, 3.8) is 0 Å². The number of amides is 2. The molecule has 1 aliphatic carbocycles. The van der Waals surface area contributed by atoms with E-state index < -0.39 is 17.9 Å². The van der Waals surface area contributed by atoms with Gasteiger partial charge in [-0.15, -0.1) is 0 Å². The molecule has 0 saturated heterocycles. The van der Waals surface area contributed by atoms with Crippen LogP contribution in [0.4, 0.5) is 0 Å². The number of halogens is 1. The van der Waals surface area contributed by atoms with Gasteiger partial charge in [0.1, 0.15) is 17.5 Å². The van der Waals surface area contributed by atoms with Gasteiger partial charge in [-0.2, -0.15) is 0 Å². The van der Waals surface area contributed by atoms with Gasteiger partial charge in [0.15, 0.2) is 0 Å². The summed E-state index contributed by atoms with van der Waals surface area (Å²) in [6.45, 7) is 0. The summed E-state index contributed by atoms with van der Waals surface area (Å²) >= 11 is 5.94. The minimum Gasteiger partial charge on any atom is -0.508 e. The number of carbonyl (C=O) groups is 3. The van der Waals surface area contributed by atoms with Crippen LogP contribution in [-0.4, -0.2) is 45.1 Å². The highest BCUT2D eigenvalue weighted by Crippen LogP contribution is 2.23. The molecular weight excluding hydrogens is 530 g/mol. The van der Waals surface area contributed by atoms with Gasteiger partial charge in [-0.1, -0.05) is 54.1 Å². The normalized spacial score (nSPS) is 13.7. The molecular formula is C31H26ClN3O5. The van der Waals surface area contributed by atoms with E-state index in [9.17, 15) is 24.6 Å². The second kappa shape index (κ2) is 11.6. The number of phenols is 1. The first kappa shape index (κ1) is 26.9. The molecule has 0 aliphatic heterocycles. The number of phenolic OH excluding ortho intramolecular Hbond substituents is 1. The van der Waals surface area contributed by atoms with Crippen molar-refractivity contribution in [2.45, 2.75) is 31.3 Å². The number of nitrogens with zero attached hydrogens (tertiary/aromatic N) is 1. The molecule has 2 amide bonds. The summed E-state index contributed by atoms with van der Waals surface area (Å²) in [4.78, 5) is 42.8. The molecule has 4 aromatic rings. The SMILES string of the molecule is O=C(N[C@H](Cc1ccc(O)cc1)C(=O)NC1CC1)c1cc(C(=O)O)c2cc(/C=C/c3ccc(Cl)cc3)ccc2n1. The minimum atomic E-state index is -1.20. The molecule has 1 aromatic heterocycles. The minimum absolute atomic E-state index is 0.0746. The predicted molar refractivity (Wildman–Crippen MR) is 153 cm³/mol. The number of hydrogen-bond donors (Lipinski definition) is 4. The summed E-state index contributed by atoms with van der Waals surface area (Å²) in [6, 6.07) is 19.2. The van der Waals surface area contributed by atoms with E-state index in [0.717, 1.165) is 29.5 Å². The number of pyridine rings is 1. The van der Waals surface area contributed by atoms with Gasteiger partial charge >= 0.3 is 5.97 Å². The molecule has 1 saturated carbocycles. The molecule has 1 heterocycles. The van der Waals surface area contributed by atoms with Gasteiger partial charge in [-0.05, 0) is 72.0 Å². The zero-order chi connectivity index (χ0) is 28.2. The first-order valence-electron chi connectivity index (χ1n) is 12.8. The number of aromatic hydroxyl groups is 1. The van der Waals surface area contributed by atoms with Crippen molar-refractivity contribution in [3.8, 4) is 5.75 Å². The zero-order valence-corrected chi connectivity index (χ0v) is 22.1. The molecule has 40 heavy (non-hydrogen) atoms. The summed E-state index contributed by atoms with van der Waals surface area (Å²) in [5, 5.41) is 26.2. The molecule has 0 unspecified atom stereocenters. The average molecular weight is 556 g/mol. The second-order valence-electron chi connectivity index (χ2n) is 9.70. The largest absolute Gasteiger partial charge is 0.508 e. The maximum Gasteiger partial charge on any atom is 0.336 e. The number of benzene rings is 3. The number of aromatic nitrogens is 1. The Balaban J connectivity index is 1.41. The maximum absolute atomic E-state index is 13.3. The molecule has 8 nitrogen and oxygen atoms in total. The lowest BCUT2D eigenvalue weighted by atomic mass is 10.0. The Kier molecular flexibility index (Phi) is 7.79. The highest BCUT2D eigenvalue weighted by Gasteiger charge is 2.29. The van der Waals surface area contributed by atoms with Gasteiger partial charge < -0.3 is 20.8 Å². The van der Waals surface area contributed by atoms with Gasteiger partial charge in [0.05, 0.1) is 11.1 Å². The molecule has 3 aromatic carbocycles. The van der Waals surface area contributed by atoms with Gasteiger partial charge in [0.25, 0.3) is 5.91 Å². The molecule has 0 spiro atoms. The number of carbonyl (C=O) groups excluding carboxylic acids is 2. The Labute approximate surface area is 235 Å². The Hall–Kier alpha value is -4.69. The third kappa shape index (κ3) is 6.65. The number of aromatic carboxylic acids is 1. The van der Waals surface area contributed by atoms with Crippen LogP contribution in [0.1, 0.15) is 50.4 Å². The number of carboxylic acids is 1. The number of nitrogens with one attached hydrogen (secondary N) is 2. The number of rotatable bonds is 9. The van der Waals surface area contributed by atoms with Gasteiger partial charge in [0.2, 0.25) is 5.91 Å². The fourth-order valence-corrected chi connectivity index (χ4v) is 4.37. The van der Waals surface area contributed by atoms with Crippen LogP contribution >= 0.6 is 11.6 Å². The topological polar surface area (TPSA) is 129 Å². The van der Waals surface area contributed by atoms with Crippen molar-refractivity contribution in [2.24, 2.45) is 0 Å². The van der Waals surface area contributed by atoms with E-state index in [1.54, 1.807) is 42.5 Å². The quantitative estimate of drug-likeness (QED) is 0.213. The van der Waals surface area contributed by atoms with E-state index in [4.69, 9.17) is 11.6 Å². The van der Waals surface area contributed by atoms with Crippen LogP contribution in [0, 0.1) is 0 Å². The lowest BCUT2D eigenvalue weighted by Crippen LogP contribution is -2.48. The first-order chi connectivity index (χ1) is 19.2. The Morgan fingerprint density at radius 1 is 0.950 bits per heavy atom. The van der Waals surface area contributed by atoms with E-state index in [0.29, 0.717) is 15.9 Å². The lowest BCUT2D eigenvalue weighted by molar-refractivity contribution is -0.123. The van der Waals surface area contributed by atoms with Crippen molar-refractivity contribution in [1.29, 1.82) is 0 Å².